The van der Waals surface area contributed by atoms with E-state index >= 15 is 0 Å². The number of hydrogen-bond donors (Lipinski definition) is 2. The van der Waals surface area contributed by atoms with Crippen LogP contribution < -0.4 is 11.1 Å². The molecule has 1 fully saturated rings. The number of nitrogens with one attached hydrogen (secondary N) is 1. The van der Waals surface area contributed by atoms with Crippen molar-refractivity contribution in [2.45, 2.75) is 36.9 Å². The van der Waals surface area contributed by atoms with E-state index in [0.717, 1.165) is 17.8 Å². The first-order valence-corrected chi connectivity index (χ1v) is 8.96. The van der Waals surface area contributed by atoms with Crippen LogP contribution in [0, 0.1) is 0 Å². The number of hydrogen-bond acceptors (Lipinski definition) is 3. The fourth-order valence-electron chi connectivity index (χ4n) is 2.74. The number of benzene rings is 1. The monoisotopic (exact) mass is 328 g/mol. The third-order valence-electron chi connectivity index (χ3n) is 4.05. The Bertz CT molecular complexity index is 485. The van der Waals surface area contributed by atoms with Crippen LogP contribution in [0.15, 0.2) is 18.2 Å². The van der Waals surface area contributed by atoms with Crippen molar-refractivity contribution in [2.24, 2.45) is 5.73 Å². The minimum Gasteiger partial charge on any atom is -0.389 e. The van der Waals surface area contributed by atoms with Gasteiger partial charge < -0.3 is 11.1 Å². The van der Waals surface area contributed by atoms with Crippen molar-refractivity contribution in [3.8, 4) is 0 Å². The van der Waals surface area contributed by atoms with Crippen molar-refractivity contribution in [1.82, 2.24) is 0 Å². The van der Waals surface area contributed by atoms with Crippen LogP contribution in [0.4, 0.5) is 5.69 Å². The molecule has 1 saturated carbocycles. The van der Waals surface area contributed by atoms with E-state index in [1.54, 1.807) is 0 Å². The van der Waals surface area contributed by atoms with Gasteiger partial charge in [0, 0.05) is 22.5 Å². The van der Waals surface area contributed by atoms with Crippen molar-refractivity contribution >= 4 is 46.3 Å². The molecule has 0 aliphatic heterocycles. The first-order chi connectivity index (χ1) is 9.56. The molecule has 0 amide bonds. The Morgan fingerprint density at radius 3 is 2.65 bits per heavy atom. The third-order valence-corrected chi connectivity index (χ3v) is 6.00. The molecule has 0 unspecified atom stereocenters. The van der Waals surface area contributed by atoms with Gasteiger partial charge in [0.05, 0.1) is 5.02 Å². The van der Waals surface area contributed by atoms with Crippen LogP contribution in [0.2, 0.25) is 5.02 Å². The molecule has 0 spiro atoms. The number of rotatable bonds is 5. The molecule has 2 rings (SSSR count). The van der Waals surface area contributed by atoms with Crippen molar-refractivity contribution in [3.63, 3.8) is 0 Å². The van der Waals surface area contributed by atoms with Crippen LogP contribution in [0.5, 0.6) is 0 Å². The van der Waals surface area contributed by atoms with E-state index in [4.69, 9.17) is 29.6 Å². The summed E-state index contributed by atoms with van der Waals surface area (Å²) < 4.78 is 0.368. The lowest BCUT2D eigenvalue weighted by Gasteiger charge is -2.36. The lowest BCUT2D eigenvalue weighted by atomic mass is 9.88. The lowest BCUT2D eigenvalue weighted by Crippen LogP contribution is -2.35. The standard InChI is InChI=1S/C15H21ClN2S2/c1-20-15(7-3-2-4-8-15)10-18-11-5-6-12(14(17)19)13(16)9-11/h5-6,9,18H,2-4,7-8,10H2,1H3,(H2,17,19). The molecule has 1 aromatic rings. The molecule has 20 heavy (non-hydrogen) atoms. The summed E-state index contributed by atoms with van der Waals surface area (Å²) in [6, 6.07) is 5.80. The molecule has 0 atom stereocenters. The molecule has 3 N–H and O–H groups in total. The number of halogens is 1. The van der Waals surface area contributed by atoms with E-state index in [1.807, 2.05) is 30.0 Å². The van der Waals surface area contributed by atoms with Crippen LogP contribution in [-0.4, -0.2) is 22.5 Å². The molecule has 0 bridgehead atoms. The van der Waals surface area contributed by atoms with Gasteiger partial charge >= 0.3 is 0 Å². The summed E-state index contributed by atoms with van der Waals surface area (Å²) >= 11 is 13.2. The minimum atomic E-state index is 0.342. The Morgan fingerprint density at radius 1 is 1.40 bits per heavy atom. The zero-order chi connectivity index (χ0) is 14.6. The Kier molecular flexibility index (Phi) is 5.58. The summed E-state index contributed by atoms with van der Waals surface area (Å²) in [4.78, 5) is 0.342. The van der Waals surface area contributed by atoms with Gasteiger partial charge in [0.15, 0.2) is 0 Å². The maximum atomic E-state index is 6.20. The van der Waals surface area contributed by atoms with Gasteiger partial charge in [0.2, 0.25) is 0 Å². The first kappa shape index (κ1) is 15.9. The average Bonchev–Trinajstić information content (AvgIpc) is 2.46. The van der Waals surface area contributed by atoms with Gasteiger partial charge in [-0.2, -0.15) is 11.8 Å². The molecule has 0 radical (unpaired) electrons. The molecule has 5 heteroatoms. The highest BCUT2D eigenvalue weighted by Crippen LogP contribution is 2.38. The maximum absolute atomic E-state index is 6.20. The predicted molar refractivity (Wildman–Crippen MR) is 95.2 cm³/mol. The second-order valence-corrected chi connectivity index (χ2v) is 7.48. The fraction of sp³-hybridized carbons (Fsp3) is 0.533. The van der Waals surface area contributed by atoms with Gasteiger partial charge in [-0.1, -0.05) is 43.1 Å². The van der Waals surface area contributed by atoms with Gasteiger partial charge in [0.1, 0.15) is 4.99 Å². The fourth-order valence-corrected chi connectivity index (χ4v) is 4.17. The highest BCUT2D eigenvalue weighted by molar-refractivity contribution is 8.00. The van der Waals surface area contributed by atoms with E-state index < -0.39 is 0 Å². The smallest absolute Gasteiger partial charge is 0.105 e. The number of thioether (sulfide) groups is 1. The van der Waals surface area contributed by atoms with E-state index in [0.29, 0.717) is 14.8 Å². The Balaban J connectivity index is 2.03. The number of anilines is 1. The summed E-state index contributed by atoms with van der Waals surface area (Å²) in [6.07, 6.45) is 8.85. The predicted octanol–water partition coefficient (Wildman–Crippen LogP) is 4.45. The lowest BCUT2D eigenvalue weighted by molar-refractivity contribution is 0.411. The molecule has 110 valence electrons. The second-order valence-electron chi connectivity index (χ2n) is 5.36. The van der Waals surface area contributed by atoms with Crippen molar-refractivity contribution < 1.29 is 0 Å². The molecule has 0 aromatic heterocycles. The van der Waals surface area contributed by atoms with E-state index in [1.165, 1.54) is 32.1 Å². The molecule has 1 aliphatic rings. The third kappa shape index (κ3) is 3.80. The summed E-state index contributed by atoms with van der Waals surface area (Å²) in [6.45, 7) is 0.983. The Morgan fingerprint density at radius 2 is 2.10 bits per heavy atom. The van der Waals surface area contributed by atoms with E-state index in [-0.39, 0.29) is 0 Å². The van der Waals surface area contributed by atoms with E-state index in [2.05, 4.69) is 11.6 Å². The Labute approximate surface area is 135 Å². The van der Waals surface area contributed by atoms with Crippen molar-refractivity contribution in [3.05, 3.63) is 28.8 Å². The summed E-state index contributed by atoms with van der Waals surface area (Å²) in [7, 11) is 0. The zero-order valence-corrected chi connectivity index (χ0v) is 14.1. The van der Waals surface area contributed by atoms with Crippen LogP contribution in [-0.2, 0) is 0 Å². The molecule has 0 saturated heterocycles. The summed E-state index contributed by atoms with van der Waals surface area (Å²) in [5, 5.41) is 4.14. The summed E-state index contributed by atoms with van der Waals surface area (Å²) in [5.74, 6) is 0. The van der Waals surface area contributed by atoms with Crippen molar-refractivity contribution in [1.29, 1.82) is 0 Å². The molecule has 2 nitrogen and oxygen atoms in total. The maximum Gasteiger partial charge on any atom is 0.105 e. The minimum absolute atomic E-state index is 0.342. The quantitative estimate of drug-likeness (QED) is 0.783. The van der Waals surface area contributed by atoms with Crippen LogP contribution in [0.25, 0.3) is 0 Å². The molecule has 0 heterocycles. The van der Waals surface area contributed by atoms with Crippen LogP contribution >= 0.6 is 35.6 Å². The first-order valence-electron chi connectivity index (χ1n) is 6.95. The van der Waals surface area contributed by atoms with Crippen LogP contribution in [0.3, 0.4) is 0 Å². The Hall–Kier alpha value is -0.450. The van der Waals surface area contributed by atoms with E-state index in [9.17, 15) is 0 Å². The highest BCUT2D eigenvalue weighted by atomic mass is 35.5. The van der Waals surface area contributed by atoms with Gasteiger partial charge in [-0.3, -0.25) is 0 Å². The normalized spacial score (nSPS) is 17.7. The number of nitrogens with two attached hydrogens (primary N) is 1. The van der Waals surface area contributed by atoms with Gasteiger partial charge in [0.25, 0.3) is 0 Å². The molecule has 1 aliphatic carbocycles. The van der Waals surface area contributed by atoms with Crippen molar-refractivity contribution in [2.75, 3.05) is 18.1 Å². The van der Waals surface area contributed by atoms with Gasteiger partial charge in [-0.05, 0) is 37.3 Å². The van der Waals surface area contributed by atoms with Gasteiger partial charge in [-0.15, -0.1) is 0 Å². The average molecular weight is 329 g/mol. The summed E-state index contributed by atoms with van der Waals surface area (Å²) in [5.41, 5.74) is 7.40. The zero-order valence-electron chi connectivity index (χ0n) is 11.7. The van der Waals surface area contributed by atoms with Gasteiger partial charge in [-0.25, -0.2) is 0 Å². The largest absolute Gasteiger partial charge is 0.389 e. The molecular formula is C15H21ClN2S2. The number of thiocarbonyl (C=S) groups is 1. The van der Waals surface area contributed by atoms with Crippen LogP contribution in [0.1, 0.15) is 37.7 Å². The second kappa shape index (κ2) is 7.01. The molecular weight excluding hydrogens is 308 g/mol. The molecule has 1 aromatic carbocycles. The SMILES string of the molecule is CSC1(CNc2ccc(C(N)=S)c(Cl)c2)CCCCC1. The topological polar surface area (TPSA) is 38.0 Å². The highest BCUT2D eigenvalue weighted by Gasteiger charge is 2.30.